The van der Waals surface area contributed by atoms with Crippen molar-refractivity contribution in [1.82, 2.24) is 15.0 Å². The summed E-state index contributed by atoms with van der Waals surface area (Å²) in [6, 6.07) is 16.2. The van der Waals surface area contributed by atoms with Gasteiger partial charge in [0.05, 0.1) is 4.90 Å². The molecule has 2 aromatic carbocycles. The smallest absolute Gasteiger partial charge is 0.240 e. The van der Waals surface area contributed by atoms with Gasteiger partial charge in [0.2, 0.25) is 10.0 Å². The Morgan fingerprint density at radius 1 is 1.04 bits per heavy atom. The van der Waals surface area contributed by atoms with Crippen molar-refractivity contribution in [2.24, 2.45) is 5.73 Å². The first-order chi connectivity index (χ1) is 13.0. The standard InChI is InChI=1S/C20H24N4O2S/c1-15(12-23-14-20(21)16-5-3-2-4-6-16)24-27(25,26)19-8-7-18-13-22-10-9-17(18)11-19/h2-11,13,15,20,23-24H,12,14,21H2,1H3/t15-,20-/m1/s1. The highest BCUT2D eigenvalue weighted by atomic mass is 32.2. The highest BCUT2D eigenvalue weighted by Crippen LogP contribution is 2.18. The number of sulfonamides is 1. The molecule has 0 amide bonds. The summed E-state index contributed by atoms with van der Waals surface area (Å²) in [4.78, 5) is 4.28. The minimum atomic E-state index is -3.60. The Morgan fingerprint density at radius 3 is 2.59 bits per heavy atom. The van der Waals surface area contributed by atoms with E-state index in [0.717, 1.165) is 16.3 Å². The molecule has 0 radical (unpaired) electrons. The lowest BCUT2D eigenvalue weighted by Crippen LogP contribution is -2.41. The molecule has 2 atom stereocenters. The maximum absolute atomic E-state index is 12.6. The van der Waals surface area contributed by atoms with E-state index >= 15 is 0 Å². The number of hydrogen-bond donors (Lipinski definition) is 3. The Kier molecular flexibility index (Phi) is 6.18. The first-order valence-corrected chi connectivity index (χ1v) is 10.3. The third-order valence-electron chi connectivity index (χ3n) is 4.32. The maximum Gasteiger partial charge on any atom is 0.240 e. The zero-order valence-electron chi connectivity index (χ0n) is 15.2. The van der Waals surface area contributed by atoms with Gasteiger partial charge in [-0.1, -0.05) is 36.4 Å². The number of nitrogens with two attached hydrogens (primary N) is 1. The van der Waals surface area contributed by atoms with Gasteiger partial charge >= 0.3 is 0 Å². The summed E-state index contributed by atoms with van der Waals surface area (Å²) < 4.78 is 28.0. The topological polar surface area (TPSA) is 97.1 Å². The van der Waals surface area contributed by atoms with Gasteiger partial charge in [0.1, 0.15) is 0 Å². The molecule has 7 heteroatoms. The van der Waals surface area contributed by atoms with Crippen molar-refractivity contribution >= 4 is 20.8 Å². The molecule has 0 aliphatic carbocycles. The number of nitrogens with one attached hydrogen (secondary N) is 2. The minimum Gasteiger partial charge on any atom is -0.323 e. The van der Waals surface area contributed by atoms with Gasteiger partial charge in [-0.05, 0) is 36.1 Å². The molecule has 0 saturated heterocycles. The number of fused-ring (bicyclic) bond motifs is 1. The maximum atomic E-state index is 12.6. The largest absolute Gasteiger partial charge is 0.323 e. The van der Waals surface area contributed by atoms with Gasteiger partial charge in [-0.25, -0.2) is 13.1 Å². The quantitative estimate of drug-likeness (QED) is 0.553. The zero-order valence-corrected chi connectivity index (χ0v) is 16.0. The van der Waals surface area contributed by atoms with E-state index in [0.29, 0.717) is 13.1 Å². The van der Waals surface area contributed by atoms with Gasteiger partial charge < -0.3 is 11.1 Å². The van der Waals surface area contributed by atoms with Crippen molar-refractivity contribution in [3.8, 4) is 0 Å². The monoisotopic (exact) mass is 384 g/mol. The number of hydrogen-bond acceptors (Lipinski definition) is 5. The van der Waals surface area contributed by atoms with E-state index in [-0.39, 0.29) is 17.0 Å². The summed E-state index contributed by atoms with van der Waals surface area (Å²) in [5.41, 5.74) is 7.19. The van der Waals surface area contributed by atoms with Crippen molar-refractivity contribution in [2.45, 2.75) is 23.9 Å². The number of aromatic nitrogens is 1. The van der Waals surface area contributed by atoms with Crippen LogP contribution < -0.4 is 15.8 Å². The third-order valence-corrected chi connectivity index (χ3v) is 5.91. The molecule has 0 unspecified atom stereocenters. The van der Waals surface area contributed by atoms with Crippen molar-refractivity contribution in [2.75, 3.05) is 13.1 Å². The minimum absolute atomic E-state index is 0.135. The molecule has 27 heavy (non-hydrogen) atoms. The number of pyridine rings is 1. The predicted octanol–water partition coefficient (Wildman–Crippen LogP) is 2.19. The molecule has 6 nitrogen and oxygen atoms in total. The van der Waals surface area contributed by atoms with Crippen LogP contribution >= 0.6 is 0 Å². The Balaban J connectivity index is 1.56. The summed E-state index contributed by atoms with van der Waals surface area (Å²) in [6.45, 7) is 2.87. The van der Waals surface area contributed by atoms with Gasteiger partial charge in [0.15, 0.2) is 0 Å². The van der Waals surface area contributed by atoms with Gasteiger partial charge in [0.25, 0.3) is 0 Å². The van der Waals surface area contributed by atoms with Gasteiger partial charge in [-0.2, -0.15) is 0 Å². The normalized spacial score (nSPS) is 14.1. The molecule has 4 N–H and O–H groups in total. The molecule has 3 rings (SSSR count). The van der Waals surface area contributed by atoms with E-state index in [1.165, 1.54) is 0 Å². The van der Waals surface area contributed by atoms with Crippen LogP contribution in [0.2, 0.25) is 0 Å². The summed E-state index contributed by atoms with van der Waals surface area (Å²) in [5, 5.41) is 4.97. The Hall–Kier alpha value is -2.32. The lowest BCUT2D eigenvalue weighted by Gasteiger charge is -2.18. The first kappa shape index (κ1) is 19.4. The molecule has 0 bridgehead atoms. The highest BCUT2D eigenvalue weighted by Gasteiger charge is 2.18. The highest BCUT2D eigenvalue weighted by molar-refractivity contribution is 7.89. The molecule has 0 fully saturated rings. The van der Waals surface area contributed by atoms with E-state index in [2.05, 4.69) is 15.0 Å². The Bertz CT molecular complexity index is 993. The number of nitrogens with zero attached hydrogens (tertiary/aromatic N) is 1. The van der Waals surface area contributed by atoms with Gasteiger partial charge in [-0.3, -0.25) is 4.98 Å². The van der Waals surface area contributed by atoms with Crippen LogP contribution in [0, 0.1) is 0 Å². The van der Waals surface area contributed by atoms with Crippen molar-refractivity contribution in [1.29, 1.82) is 0 Å². The zero-order chi connectivity index (χ0) is 19.3. The molecule has 1 heterocycles. The average molecular weight is 385 g/mol. The van der Waals surface area contributed by atoms with Gasteiger partial charge in [-0.15, -0.1) is 0 Å². The third kappa shape index (κ3) is 5.11. The van der Waals surface area contributed by atoms with E-state index in [1.54, 1.807) is 36.7 Å². The van der Waals surface area contributed by atoms with E-state index in [9.17, 15) is 8.42 Å². The van der Waals surface area contributed by atoms with E-state index < -0.39 is 10.0 Å². The fourth-order valence-electron chi connectivity index (χ4n) is 2.88. The number of rotatable bonds is 8. The lowest BCUT2D eigenvalue weighted by atomic mass is 10.1. The molecular formula is C20H24N4O2S. The van der Waals surface area contributed by atoms with Crippen molar-refractivity contribution < 1.29 is 8.42 Å². The van der Waals surface area contributed by atoms with Gasteiger partial charge in [0, 0.05) is 43.0 Å². The molecule has 0 spiro atoms. The van der Waals surface area contributed by atoms with Crippen LogP contribution in [0.5, 0.6) is 0 Å². The van der Waals surface area contributed by atoms with Crippen LogP contribution in [0.4, 0.5) is 0 Å². The van der Waals surface area contributed by atoms with Crippen LogP contribution in [-0.4, -0.2) is 32.5 Å². The second-order valence-electron chi connectivity index (χ2n) is 6.58. The fourth-order valence-corrected chi connectivity index (χ4v) is 4.16. The number of benzene rings is 2. The van der Waals surface area contributed by atoms with Crippen LogP contribution in [0.1, 0.15) is 18.5 Å². The van der Waals surface area contributed by atoms with E-state index in [1.807, 2.05) is 37.3 Å². The van der Waals surface area contributed by atoms with E-state index in [4.69, 9.17) is 5.73 Å². The molecule has 142 valence electrons. The summed E-state index contributed by atoms with van der Waals surface area (Å²) >= 11 is 0. The molecule has 3 aromatic rings. The molecular weight excluding hydrogens is 360 g/mol. The Labute approximate surface area is 159 Å². The molecule has 0 aliphatic rings. The second kappa shape index (κ2) is 8.58. The second-order valence-corrected chi connectivity index (χ2v) is 8.30. The average Bonchev–Trinajstić information content (AvgIpc) is 2.67. The SMILES string of the molecule is C[C@H](CNC[C@@H](N)c1ccccc1)NS(=O)(=O)c1ccc2cnccc2c1. The van der Waals surface area contributed by atoms with Crippen molar-refractivity contribution in [3.63, 3.8) is 0 Å². The molecule has 0 saturated carbocycles. The summed E-state index contributed by atoms with van der Waals surface area (Å²) in [6.07, 6.45) is 3.36. The molecule has 0 aliphatic heterocycles. The van der Waals surface area contributed by atoms with Crippen LogP contribution in [0.25, 0.3) is 10.8 Å². The molecule has 1 aromatic heterocycles. The summed E-state index contributed by atoms with van der Waals surface area (Å²) in [7, 11) is -3.60. The van der Waals surface area contributed by atoms with Crippen LogP contribution in [-0.2, 0) is 10.0 Å². The predicted molar refractivity (Wildman–Crippen MR) is 108 cm³/mol. The lowest BCUT2D eigenvalue weighted by molar-refractivity contribution is 0.520. The van der Waals surface area contributed by atoms with Crippen LogP contribution in [0.3, 0.4) is 0 Å². The fraction of sp³-hybridized carbons (Fsp3) is 0.250. The first-order valence-electron chi connectivity index (χ1n) is 8.83. The summed E-state index contributed by atoms with van der Waals surface area (Å²) in [5.74, 6) is 0. The Morgan fingerprint density at radius 2 is 1.81 bits per heavy atom. The van der Waals surface area contributed by atoms with Crippen molar-refractivity contribution in [3.05, 3.63) is 72.6 Å². The van der Waals surface area contributed by atoms with Crippen LogP contribution in [0.15, 0.2) is 71.9 Å².